The maximum atomic E-state index is 13.7. The van der Waals surface area contributed by atoms with E-state index in [4.69, 9.17) is 23.2 Å². The van der Waals surface area contributed by atoms with Gasteiger partial charge in [0.05, 0.1) is 15.6 Å². The fourth-order valence-corrected chi connectivity index (χ4v) is 1.98. The highest BCUT2D eigenvalue weighted by molar-refractivity contribution is 6.31. The lowest BCUT2D eigenvalue weighted by Gasteiger charge is -2.07. The van der Waals surface area contributed by atoms with Gasteiger partial charge in [0.25, 0.3) is 11.6 Å². The Morgan fingerprint density at radius 1 is 1.24 bits per heavy atom. The van der Waals surface area contributed by atoms with Crippen LogP contribution in [0.1, 0.15) is 10.4 Å². The molecular weight excluding hydrogens is 322 g/mol. The predicted molar refractivity (Wildman–Crippen MR) is 77.5 cm³/mol. The molecule has 0 aliphatic carbocycles. The minimum atomic E-state index is -0.834. The van der Waals surface area contributed by atoms with Crippen LogP contribution in [-0.2, 0) is 0 Å². The Balaban J connectivity index is 2.37. The second kappa shape index (κ2) is 6.07. The van der Waals surface area contributed by atoms with Crippen LogP contribution in [0.5, 0.6) is 0 Å². The molecule has 1 amide bonds. The lowest BCUT2D eigenvalue weighted by molar-refractivity contribution is -0.385. The number of carbonyl (C=O) groups is 1. The van der Waals surface area contributed by atoms with Gasteiger partial charge in [0, 0.05) is 11.1 Å². The van der Waals surface area contributed by atoms with Gasteiger partial charge in [0.2, 0.25) is 0 Å². The summed E-state index contributed by atoms with van der Waals surface area (Å²) in [5.74, 6) is -1.65. The van der Waals surface area contributed by atoms with Crippen molar-refractivity contribution in [1.82, 2.24) is 0 Å². The quantitative estimate of drug-likeness (QED) is 0.674. The van der Waals surface area contributed by atoms with Crippen LogP contribution >= 0.6 is 23.2 Å². The standard InChI is InChI=1S/C13H7Cl2FN2O3/c14-7-4-5-8(11(6-7)18(20)21)13(19)17-10-3-1-2-9(15)12(10)16/h1-6H,(H,17,19). The molecule has 0 saturated carbocycles. The third-order valence-electron chi connectivity index (χ3n) is 2.60. The second-order valence-corrected chi connectivity index (χ2v) is 4.82. The maximum Gasteiger partial charge on any atom is 0.283 e. The van der Waals surface area contributed by atoms with Crippen molar-refractivity contribution in [2.75, 3.05) is 5.32 Å². The van der Waals surface area contributed by atoms with E-state index < -0.39 is 22.3 Å². The lowest BCUT2D eigenvalue weighted by atomic mass is 10.1. The molecule has 21 heavy (non-hydrogen) atoms. The van der Waals surface area contributed by atoms with E-state index in [9.17, 15) is 19.3 Å². The van der Waals surface area contributed by atoms with Crippen molar-refractivity contribution >= 4 is 40.5 Å². The van der Waals surface area contributed by atoms with Gasteiger partial charge in [-0.3, -0.25) is 14.9 Å². The molecule has 0 radical (unpaired) electrons. The first kappa shape index (κ1) is 15.2. The van der Waals surface area contributed by atoms with E-state index in [1.165, 1.54) is 30.3 Å². The number of rotatable bonds is 3. The van der Waals surface area contributed by atoms with Gasteiger partial charge in [-0.2, -0.15) is 0 Å². The molecule has 0 spiro atoms. The van der Waals surface area contributed by atoms with Crippen LogP contribution in [0, 0.1) is 15.9 Å². The maximum absolute atomic E-state index is 13.7. The summed E-state index contributed by atoms with van der Waals surface area (Å²) in [6.45, 7) is 0. The topological polar surface area (TPSA) is 72.2 Å². The molecule has 0 atom stereocenters. The van der Waals surface area contributed by atoms with Crippen LogP contribution in [0.15, 0.2) is 36.4 Å². The van der Waals surface area contributed by atoms with Crippen LogP contribution in [0.4, 0.5) is 15.8 Å². The van der Waals surface area contributed by atoms with E-state index in [1.807, 2.05) is 0 Å². The number of anilines is 1. The number of halogens is 3. The number of hydrogen-bond donors (Lipinski definition) is 1. The van der Waals surface area contributed by atoms with Crippen LogP contribution in [0.3, 0.4) is 0 Å². The first-order chi connectivity index (χ1) is 9.90. The average molecular weight is 329 g/mol. The Bertz CT molecular complexity index is 737. The Kier molecular flexibility index (Phi) is 4.40. The minimum Gasteiger partial charge on any atom is -0.319 e. The fraction of sp³-hybridized carbons (Fsp3) is 0. The summed E-state index contributed by atoms with van der Waals surface area (Å²) >= 11 is 11.3. The van der Waals surface area contributed by atoms with Crippen molar-refractivity contribution in [3.05, 3.63) is 67.9 Å². The van der Waals surface area contributed by atoms with Gasteiger partial charge >= 0.3 is 0 Å². The summed E-state index contributed by atoms with van der Waals surface area (Å²) in [6, 6.07) is 7.62. The number of hydrogen-bond acceptors (Lipinski definition) is 3. The summed E-state index contributed by atoms with van der Waals surface area (Å²) in [4.78, 5) is 22.2. The number of nitro benzene ring substituents is 1. The largest absolute Gasteiger partial charge is 0.319 e. The van der Waals surface area contributed by atoms with E-state index in [1.54, 1.807) is 0 Å². The van der Waals surface area contributed by atoms with Crippen LogP contribution in [0.2, 0.25) is 10.0 Å². The molecule has 0 heterocycles. The molecule has 8 heteroatoms. The molecule has 108 valence electrons. The fourth-order valence-electron chi connectivity index (χ4n) is 1.64. The highest BCUT2D eigenvalue weighted by atomic mass is 35.5. The molecule has 5 nitrogen and oxygen atoms in total. The molecule has 0 unspecified atom stereocenters. The van der Waals surface area contributed by atoms with Crippen LogP contribution < -0.4 is 5.32 Å². The summed E-state index contributed by atoms with van der Waals surface area (Å²) in [5, 5.41) is 13.1. The van der Waals surface area contributed by atoms with Gasteiger partial charge < -0.3 is 5.32 Å². The zero-order chi connectivity index (χ0) is 15.6. The molecule has 0 saturated heterocycles. The normalized spacial score (nSPS) is 10.2. The predicted octanol–water partition coefficient (Wildman–Crippen LogP) is 4.29. The zero-order valence-corrected chi connectivity index (χ0v) is 11.8. The van der Waals surface area contributed by atoms with E-state index in [-0.39, 0.29) is 21.3 Å². The SMILES string of the molecule is O=C(Nc1cccc(Cl)c1F)c1ccc(Cl)cc1[N+](=O)[O-]. The smallest absolute Gasteiger partial charge is 0.283 e. The van der Waals surface area contributed by atoms with Crippen molar-refractivity contribution in [2.24, 2.45) is 0 Å². The van der Waals surface area contributed by atoms with Gasteiger partial charge in [0.1, 0.15) is 5.56 Å². The Morgan fingerprint density at radius 3 is 2.62 bits per heavy atom. The zero-order valence-electron chi connectivity index (χ0n) is 10.3. The van der Waals surface area contributed by atoms with Crippen LogP contribution in [-0.4, -0.2) is 10.8 Å². The average Bonchev–Trinajstić information content (AvgIpc) is 2.43. The molecule has 0 aromatic heterocycles. The minimum absolute atomic E-state index is 0.118. The molecule has 2 aromatic rings. The molecule has 0 aliphatic rings. The van der Waals surface area contributed by atoms with Gasteiger partial charge in [0.15, 0.2) is 5.82 Å². The Morgan fingerprint density at radius 2 is 1.95 bits per heavy atom. The molecule has 0 fully saturated rings. The highest BCUT2D eigenvalue weighted by Gasteiger charge is 2.21. The highest BCUT2D eigenvalue weighted by Crippen LogP contribution is 2.26. The third kappa shape index (κ3) is 3.29. The Labute approximate surface area is 128 Å². The molecule has 2 rings (SSSR count). The van der Waals surface area contributed by atoms with Gasteiger partial charge in [-0.15, -0.1) is 0 Å². The number of benzene rings is 2. The van der Waals surface area contributed by atoms with Gasteiger partial charge in [-0.25, -0.2) is 4.39 Å². The summed E-state index contributed by atoms with van der Waals surface area (Å²) < 4.78 is 13.7. The number of carbonyl (C=O) groups excluding carboxylic acids is 1. The third-order valence-corrected chi connectivity index (χ3v) is 3.13. The van der Waals surface area contributed by atoms with E-state index >= 15 is 0 Å². The molecule has 0 bridgehead atoms. The first-order valence-corrected chi connectivity index (χ1v) is 6.35. The number of amides is 1. The first-order valence-electron chi connectivity index (χ1n) is 5.59. The molecular formula is C13H7Cl2FN2O3. The number of nitrogens with zero attached hydrogens (tertiary/aromatic N) is 1. The Hall–Kier alpha value is -2.18. The van der Waals surface area contributed by atoms with E-state index in [0.717, 1.165) is 6.07 Å². The second-order valence-electron chi connectivity index (χ2n) is 3.97. The monoisotopic (exact) mass is 328 g/mol. The summed E-state index contributed by atoms with van der Waals surface area (Å²) in [7, 11) is 0. The summed E-state index contributed by atoms with van der Waals surface area (Å²) in [6.07, 6.45) is 0. The van der Waals surface area contributed by atoms with Crippen molar-refractivity contribution in [3.8, 4) is 0 Å². The number of nitrogens with one attached hydrogen (secondary N) is 1. The van der Waals surface area contributed by atoms with Gasteiger partial charge in [-0.05, 0) is 24.3 Å². The number of nitro groups is 1. The van der Waals surface area contributed by atoms with Crippen molar-refractivity contribution in [3.63, 3.8) is 0 Å². The van der Waals surface area contributed by atoms with Crippen LogP contribution in [0.25, 0.3) is 0 Å². The summed E-state index contributed by atoms with van der Waals surface area (Å²) in [5.41, 5.74) is -0.872. The van der Waals surface area contributed by atoms with Gasteiger partial charge in [-0.1, -0.05) is 29.3 Å². The van der Waals surface area contributed by atoms with E-state index in [0.29, 0.717) is 0 Å². The molecule has 0 aliphatic heterocycles. The van der Waals surface area contributed by atoms with E-state index in [2.05, 4.69) is 5.32 Å². The van der Waals surface area contributed by atoms with Crippen molar-refractivity contribution in [1.29, 1.82) is 0 Å². The molecule has 2 aromatic carbocycles. The lowest BCUT2D eigenvalue weighted by Crippen LogP contribution is -2.15. The van der Waals surface area contributed by atoms with Crippen molar-refractivity contribution < 1.29 is 14.1 Å². The molecule has 1 N–H and O–H groups in total. The van der Waals surface area contributed by atoms with Crippen molar-refractivity contribution in [2.45, 2.75) is 0 Å².